The van der Waals surface area contributed by atoms with Crippen molar-refractivity contribution in [3.63, 3.8) is 0 Å². The fourth-order valence-electron chi connectivity index (χ4n) is 5.13. The number of ether oxygens (including phenoxy) is 1. The standard InChI is InChI=1S/C23H32F2O2S/c1-3-4-15-5-7-16(8-6-15)17-9-11-18(12-10-17)23(26)27-19-13-14-20(28-2)22(25)21(19)24/h13-18H,3-12H2,1-2H3. The summed E-state index contributed by atoms with van der Waals surface area (Å²) in [5.41, 5.74) is 0. The number of halogens is 2. The van der Waals surface area contributed by atoms with Crippen molar-refractivity contribution in [1.29, 1.82) is 0 Å². The minimum atomic E-state index is -1.07. The number of hydrogen-bond donors (Lipinski definition) is 0. The van der Waals surface area contributed by atoms with Gasteiger partial charge in [0.15, 0.2) is 11.6 Å². The molecule has 2 nitrogen and oxygen atoms in total. The number of carbonyl (C=O) groups excluding carboxylic acids is 1. The van der Waals surface area contributed by atoms with Crippen LogP contribution in [0.2, 0.25) is 0 Å². The van der Waals surface area contributed by atoms with Crippen LogP contribution in [0.4, 0.5) is 8.78 Å². The fraction of sp³-hybridized carbons (Fsp3) is 0.696. The molecule has 0 heterocycles. The summed E-state index contributed by atoms with van der Waals surface area (Å²) in [5.74, 6) is -0.497. The second kappa shape index (κ2) is 10.1. The molecule has 0 N–H and O–H groups in total. The molecule has 1 aromatic carbocycles. The van der Waals surface area contributed by atoms with Crippen molar-refractivity contribution in [3.8, 4) is 5.75 Å². The summed E-state index contributed by atoms with van der Waals surface area (Å²) in [6, 6.07) is 2.81. The minimum Gasteiger partial charge on any atom is -0.423 e. The van der Waals surface area contributed by atoms with E-state index in [0.717, 1.165) is 49.3 Å². The molecule has 156 valence electrons. The van der Waals surface area contributed by atoms with Gasteiger partial charge in [0.25, 0.3) is 0 Å². The first-order valence-corrected chi connectivity index (χ1v) is 12.0. The molecule has 3 rings (SSSR count). The average Bonchev–Trinajstić information content (AvgIpc) is 2.72. The van der Waals surface area contributed by atoms with E-state index in [-0.39, 0.29) is 16.6 Å². The molecule has 0 aromatic heterocycles. The van der Waals surface area contributed by atoms with Crippen LogP contribution in [-0.4, -0.2) is 12.2 Å². The Morgan fingerprint density at radius 3 is 2.18 bits per heavy atom. The summed E-state index contributed by atoms with van der Waals surface area (Å²) in [4.78, 5) is 12.7. The van der Waals surface area contributed by atoms with E-state index in [1.165, 1.54) is 50.7 Å². The van der Waals surface area contributed by atoms with Crippen LogP contribution >= 0.6 is 11.8 Å². The molecule has 0 spiro atoms. The third kappa shape index (κ3) is 5.08. The highest BCUT2D eigenvalue weighted by atomic mass is 32.2. The number of hydrogen-bond acceptors (Lipinski definition) is 3. The molecule has 1 aromatic rings. The quantitative estimate of drug-likeness (QED) is 0.287. The van der Waals surface area contributed by atoms with Gasteiger partial charge in [-0.2, -0.15) is 4.39 Å². The summed E-state index contributed by atoms with van der Waals surface area (Å²) in [5, 5.41) is 0. The van der Waals surface area contributed by atoms with E-state index in [4.69, 9.17) is 4.74 Å². The molecule has 0 aliphatic heterocycles. The third-order valence-electron chi connectivity index (χ3n) is 6.80. The van der Waals surface area contributed by atoms with Crippen molar-refractivity contribution in [3.05, 3.63) is 23.8 Å². The molecule has 0 unspecified atom stereocenters. The first-order valence-electron chi connectivity index (χ1n) is 10.8. The summed E-state index contributed by atoms with van der Waals surface area (Å²) >= 11 is 1.13. The van der Waals surface area contributed by atoms with Gasteiger partial charge in [-0.25, -0.2) is 4.39 Å². The summed E-state index contributed by atoms with van der Waals surface area (Å²) < 4.78 is 33.2. The Kier molecular flexibility index (Phi) is 7.78. The fourth-order valence-corrected chi connectivity index (χ4v) is 5.60. The van der Waals surface area contributed by atoms with E-state index in [1.54, 1.807) is 6.26 Å². The van der Waals surface area contributed by atoms with Gasteiger partial charge in [-0.3, -0.25) is 4.79 Å². The molecule has 0 bridgehead atoms. The maximum absolute atomic E-state index is 14.1. The van der Waals surface area contributed by atoms with Crippen LogP contribution in [0.1, 0.15) is 71.1 Å². The number of esters is 1. The monoisotopic (exact) mass is 410 g/mol. The molecule has 0 amide bonds. The molecule has 5 heteroatoms. The Bertz CT molecular complexity index is 663. The molecule has 2 aliphatic rings. The van der Waals surface area contributed by atoms with Gasteiger partial charge in [0.05, 0.1) is 5.92 Å². The lowest BCUT2D eigenvalue weighted by Gasteiger charge is -2.37. The predicted molar refractivity (Wildman–Crippen MR) is 110 cm³/mol. The molecule has 2 saturated carbocycles. The maximum Gasteiger partial charge on any atom is 0.314 e. The van der Waals surface area contributed by atoms with E-state index < -0.39 is 17.6 Å². The van der Waals surface area contributed by atoms with Gasteiger partial charge in [-0.1, -0.05) is 32.6 Å². The van der Waals surface area contributed by atoms with Crippen molar-refractivity contribution < 1.29 is 18.3 Å². The number of thioether (sulfide) groups is 1. The van der Waals surface area contributed by atoms with Crippen molar-refractivity contribution in [1.82, 2.24) is 0 Å². The van der Waals surface area contributed by atoms with Crippen LogP contribution in [-0.2, 0) is 4.79 Å². The van der Waals surface area contributed by atoms with Gasteiger partial charge in [0.2, 0.25) is 5.82 Å². The molecule has 0 saturated heterocycles. The van der Waals surface area contributed by atoms with Gasteiger partial charge in [0.1, 0.15) is 0 Å². The smallest absolute Gasteiger partial charge is 0.314 e. The Labute approximate surface area is 171 Å². The van der Waals surface area contributed by atoms with E-state index in [9.17, 15) is 13.6 Å². The lowest BCUT2D eigenvalue weighted by atomic mass is 9.69. The average molecular weight is 411 g/mol. The first-order chi connectivity index (χ1) is 13.5. The van der Waals surface area contributed by atoms with Crippen LogP contribution in [0.5, 0.6) is 5.75 Å². The van der Waals surface area contributed by atoms with Gasteiger partial charge in [0, 0.05) is 4.90 Å². The second-order valence-corrected chi connectivity index (χ2v) is 9.34. The van der Waals surface area contributed by atoms with Crippen LogP contribution in [0.15, 0.2) is 17.0 Å². The molecular formula is C23H32F2O2S. The van der Waals surface area contributed by atoms with E-state index in [0.29, 0.717) is 5.92 Å². The number of carbonyl (C=O) groups is 1. The summed E-state index contributed by atoms with van der Waals surface area (Å²) in [6.07, 6.45) is 13.4. The molecular weight excluding hydrogens is 378 g/mol. The van der Waals surface area contributed by atoms with Crippen molar-refractivity contribution in [2.75, 3.05) is 6.26 Å². The number of rotatable bonds is 6. The van der Waals surface area contributed by atoms with Crippen LogP contribution in [0, 0.1) is 35.3 Å². The topological polar surface area (TPSA) is 26.3 Å². The van der Waals surface area contributed by atoms with Crippen molar-refractivity contribution >= 4 is 17.7 Å². The predicted octanol–water partition coefficient (Wildman–Crippen LogP) is 7.01. The number of benzene rings is 1. The molecule has 0 atom stereocenters. The van der Waals surface area contributed by atoms with E-state index in [1.807, 2.05) is 0 Å². The van der Waals surface area contributed by atoms with Crippen molar-refractivity contribution in [2.45, 2.75) is 76.0 Å². The zero-order chi connectivity index (χ0) is 20.1. The van der Waals surface area contributed by atoms with Gasteiger partial charge >= 0.3 is 5.97 Å². The maximum atomic E-state index is 14.1. The highest BCUT2D eigenvalue weighted by Crippen LogP contribution is 2.42. The zero-order valence-electron chi connectivity index (χ0n) is 17.0. The third-order valence-corrected chi connectivity index (χ3v) is 7.56. The van der Waals surface area contributed by atoms with Gasteiger partial charge in [-0.05, 0) is 74.7 Å². The van der Waals surface area contributed by atoms with E-state index in [2.05, 4.69) is 6.92 Å². The van der Waals surface area contributed by atoms with Crippen LogP contribution in [0.25, 0.3) is 0 Å². The highest BCUT2D eigenvalue weighted by Gasteiger charge is 2.34. The minimum absolute atomic E-state index is 0.199. The summed E-state index contributed by atoms with van der Waals surface area (Å²) in [6.45, 7) is 2.27. The lowest BCUT2D eigenvalue weighted by Crippen LogP contribution is -2.30. The Morgan fingerprint density at radius 1 is 1.00 bits per heavy atom. The lowest BCUT2D eigenvalue weighted by molar-refractivity contribution is -0.140. The first kappa shape index (κ1) is 21.6. The second-order valence-electron chi connectivity index (χ2n) is 8.50. The zero-order valence-corrected chi connectivity index (χ0v) is 17.8. The SMILES string of the molecule is CCCC1CCC(C2CCC(C(=O)Oc3ccc(SC)c(F)c3F)CC2)CC1. The van der Waals surface area contributed by atoms with Gasteiger partial charge in [-0.15, -0.1) is 11.8 Å². The normalized spacial score (nSPS) is 28.1. The largest absolute Gasteiger partial charge is 0.423 e. The van der Waals surface area contributed by atoms with Gasteiger partial charge < -0.3 is 4.74 Å². The Balaban J connectivity index is 1.49. The van der Waals surface area contributed by atoms with Crippen LogP contribution in [0.3, 0.4) is 0 Å². The van der Waals surface area contributed by atoms with E-state index >= 15 is 0 Å². The Hall–Kier alpha value is -1.10. The summed E-state index contributed by atoms with van der Waals surface area (Å²) in [7, 11) is 0. The van der Waals surface area contributed by atoms with Crippen LogP contribution < -0.4 is 4.74 Å². The Morgan fingerprint density at radius 2 is 1.61 bits per heavy atom. The molecule has 2 aliphatic carbocycles. The molecule has 0 radical (unpaired) electrons. The highest BCUT2D eigenvalue weighted by molar-refractivity contribution is 7.98. The molecule has 28 heavy (non-hydrogen) atoms. The molecule has 2 fully saturated rings. The van der Waals surface area contributed by atoms with Crippen molar-refractivity contribution in [2.24, 2.45) is 23.7 Å².